The molecule has 2 aromatic carbocycles. The van der Waals surface area contributed by atoms with Crippen molar-refractivity contribution in [3.05, 3.63) is 59.2 Å². The van der Waals surface area contributed by atoms with E-state index >= 15 is 0 Å². The molecule has 0 aliphatic heterocycles. The van der Waals surface area contributed by atoms with Crippen LogP contribution in [0, 0.1) is 13.8 Å². The predicted octanol–water partition coefficient (Wildman–Crippen LogP) is 4.33. The van der Waals surface area contributed by atoms with Crippen LogP contribution in [0.3, 0.4) is 0 Å². The van der Waals surface area contributed by atoms with Crippen LogP contribution in [0.5, 0.6) is 5.75 Å². The molecule has 0 saturated heterocycles. The average Bonchev–Trinajstić information content (AvgIpc) is 2.88. The van der Waals surface area contributed by atoms with Crippen LogP contribution in [0.2, 0.25) is 0 Å². The molecular weight excluding hydrogens is 502 g/mol. The lowest BCUT2D eigenvalue weighted by atomic mass is 9.95. The summed E-state index contributed by atoms with van der Waals surface area (Å²) in [7, 11) is -2.38. The fraction of sp³-hybridized carbons (Fsp3) is 0.517. The van der Waals surface area contributed by atoms with Crippen LogP contribution >= 0.6 is 0 Å². The van der Waals surface area contributed by atoms with E-state index in [0.717, 1.165) is 52.9 Å². The van der Waals surface area contributed by atoms with E-state index in [1.54, 1.807) is 12.1 Å². The zero-order valence-corrected chi connectivity index (χ0v) is 24.0. The molecule has 0 aromatic heterocycles. The highest BCUT2D eigenvalue weighted by Gasteiger charge is 2.33. The molecule has 1 atom stereocenters. The summed E-state index contributed by atoms with van der Waals surface area (Å²) in [6, 6.07) is 12.3. The molecule has 9 heteroatoms. The van der Waals surface area contributed by atoms with Crippen LogP contribution in [0.25, 0.3) is 0 Å². The topological polar surface area (TPSA) is 96.0 Å². The number of carbonyl (C=O) groups excluding carboxylic acids is 2. The van der Waals surface area contributed by atoms with E-state index < -0.39 is 28.5 Å². The van der Waals surface area contributed by atoms with E-state index in [2.05, 4.69) is 5.32 Å². The summed E-state index contributed by atoms with van der Waals surface area (Å²) >= 11 is 0. The third-order valence-corrected chi connectivity index (χ3v) is 8.22. The number of anilines is 1. The molecule has 1 aliphatic carbocycles. The highest BCUT2D eigenvalue weighted by Crippen LogP contribution is 2.31. The second-order valence-corrected chi connectivity index (χ2v) is 12.1. The standard InChI is InChI=1S/C29H41N3O5S/c1-6-25(29(34)30-24-10-8-7-9-11-24)31(19-23-15-12-21(2)13-16-23)28(33)20-32(38(5,35)36)26-18-22(3)14-17-27(26)37-4/h12-18,24-25H,6-11,19-20H2,1-5H3,(H,30,34)/t25-/m0/s1. The largest absolute Gasteiger partial charge is 0.495 e. The number of amides is 2. The van der Waals surface area contributed by atoms with Gasteiger partial charge in [0.1, 0.15) is 18.3 Å². The maximum absolute atomic E-state index is 13.9. The Kier molecular flexibility index (Phi) is 10.2. The molecule has 0 spiro atoms. The van der Waals surface area contributed by atoms with Gasteiger partial charge in [0.2, 0.25) is 21.8 Å². The van der Waals surface area contributed by atoms with Crippen molar-refractivity contribution >= 4 is 27.5 Å². The molecule has 0 radical (unpaired) electrons. The molecule has 1 aliphatic rings. The second-order valence-electron chi connectivity index (χ2n) is 10.2. The molecule has 38 heavy (non-hydrogen) atoms. The Morgan fingerprint density at radius 3 is 2.24 bits per heavy atom. The van der Waals surface area contributed by atoms with Gasteiger partial charge in [-0.3, -0.25) is 13.9 Å². The number of hydrogen-bond acceptors (Lipinski definition) is 5. The van der Waals surface area contributed by atoms with Gasteiger partial charge in [-0.1, -0.05) is 62.1 Å². The highest BCUT2D eigenvalue weighted by molar-refractivity contribution is 7.92. The Morgan fingerprint density at radius 2 is 1.66 bits per heavy atom. The fourth-order valence-electron chi connectivity index (χ4n) is 4.94. The van der Waals surface area contributed by atoms with E-state index in [0.29, 0.717) is 17.9 Å². The number of methoxy groups -OCH3 is 1. The van der Waals surface area contributed by atoms with Crippen LogP contribution in [-0.4, -0.2) is 57.1 Å². The van der Waals surface area contributed by atoms with Crippen molar-refractivity contribution in [3.8, 4) is 5.75 Å². The SMILES string of the molecule is CC[C@@H](C(=O)NC1CCCCC1)N(Cc1ccc(C)cc1)C(=O)CN(c1cc(C)ccc1OC)S(C)(=O)=O. The summed E-state index contributed by atoms with van der Waals surface area (Å²) in [4.78, 5) is 28.9. The molecule has 2 aromatic rings. The molecule has 2 amide bonds. The normalized spacial score (nSPS) is 15.0. The smallest absolute Gasteiger partial charge is 0.244 e. The molecule has 0 heterocycles. The Bertz CT molecular complexity index is 1210. The Morgan fingerprint density at radius 1 is 1.03 bits per heavy atom. The number of aryl methyl sites for hydroxylation is 2. The van der Waals surface area contributed by atoms with Gasteiger partial charge in [-0.25, -0.2) is 8.42 Å². The minimum atomic E-state index is -3.84. The van der Waals surface area contributed by atoms with Gasteiger partial charge >= 0.3 is 0 Å². The molecular formula is C29H41N3O5S. The maximum Gasteiger partial charge on any atom is 0.244 e. The van der Waals surface area contributed by atoms with Crippen molar-refractivity contribution in [2.45, 2.75) is 77.9 Å². The first kappa shape index (κ1) is 29.5. The van der Waals surface area contributed by atoms with Gasteiger partial charge in [-0.15, -0.1) is 0 Å². The number of rotatable bonds is 11. The van der Waals surface area contributed by atoms with Gasteiger partial charge in [0, 0.05) is 12.6 Å². The first-order valence-corrected chi connectivity index (χ1v) is 15.2. The molecule has 0 unspecified atom stereocenters. The average molecular weight is 544 g/mol. The third-order valence-electron chi connectivity index (χ3n) is 7.09. The summed E-state index contributed by atoms with van der Waals surface area (Å²) in [5.74, 6) is -0.301. The van der Waals surface area contributed by atoms with Crippen LogP contribution in [0.4, 0.5) is 5.69 Å². The fourth-order valence-corrected chi connectivity index (χ4v) is 5.79. The Hall–Kier alpha value is -3.07. The van der Waals surface area contributed by atoms with E-state index in [9.17, 15) is 18.0 Å². The van der Waals surface area contributed by atoms with Crippen molar-refractivity contribution in [2.24, 2.45) is 0 Å². The van der Waals surface area contributed by atoms with Crippen molar-refractivity contribution in [3.63, 3.8) is 0 Å². The monoisotopic (exact) mass is 543 g/mol. The zero-order valence-electron chi connectivity index (χ0n) is 23.2. The van der Waals surface area contributed by atoms with Gasteiger partial charge in [-0.2, -0.15) is 0 Å². The van der Waals surface area contributed by atoms with Gasteiger partial charge in [0.25, 0.3) is 0 Å². The highest BCUT2D eigenvalue weighted by atomic mass is 32.2. The summed E-state index contributed by atoms with van der Waals surface area (Å²) in [6.07, 6.45) is 6.67. The van der Waals surface area contributed by atoms with E-state index in [1.807, 2.05) is 51.1 Å². The molecule has 0 bridgehead atoms. The molecule has 1 fully saturated rings. The first-order chi connectivity index (χ1) is 18.0. The number of nitrogens with one attached hydrogen (secondary N) is 1. The second kappa shape index (κ2) is 13.1. The van der Waals surface area contributed by atoms with Crippen LogP contribution < -0.4 is 14.4 Å². The van der Waals surface area contributed by atoms with Gasteiger partial charge in [-0.05, 0) is 56.4 Å². The first-order valence-electron chi connectivity index (χ1n) is 13.3. The minimum Gasteiger partial charge on any atom is -0.495 e. The van der Waals surface area contributed by atoms with Crippen LogP contribution in [-0.2, 0) is 26.2 Å². The molecule has 8 nitrogen and oxygen atoms in total. The molecule has 3 rings (SSSR count). The van der Waals surface area contributed by atoms with Crippen molar-refractivity contribution < 1.29 is 22.7 Å². The van der Waals surface area contributed by atoms with E-state index in [4.69, 9.17) is 4.74 Å². The Balaban J connectivity index is 1.95. The maximum atomic E-state index is 13.9. The van der Waals surface area contributed by atoms with Gasteiger partial charge < -0.3 is 15.0 Å². The predicted molar refractivity (Wildman–Crippen MR) is 151 cm³/mol. The summed E-state index contributed by atoms with van der Waals surface area (Å²) in [5, 5.41) is 3.16. The molecule has 208 valence electrons. The number of nitrogens with zero attached hydrogens (tertiary/aromatic N) is 2. The molecule has 1 N–H and O–H groups in total. The number of sulfonamides is 1. The summed E-state index contributed by atoms with van der Waals surface area (Å²) in [6.45, 7) is 5.45. The van der Waals surface area contributed by atoms with Crippen LogP contribution in [0.15, 0.2) is 42.5 Å². The van der Waals surface area contributed by atoms with E-state index in [1.165, 1.54) is 18.4 Å². The van der Waals surface area contributed by atoms with Crippen LogP contribution in [0.1, 0.15) is 62.1 Å². The third kappa shape index (κ3) is 7.72. The quantitative estimate of drug-likeness (QED) is 0.455. The zero-order chi connectivity index (χ0) is 27.9. The number of ether oxygens (including phenoxy) is 1. The lowest BCUT2D eigenvalue weighted by Gasteiger charge is -2.34. The minimum absolute atomic E-state index is 0.103. The summed E-state index contributed by atoms with van der Waals surface area (Å²) in [5.41, 5.74) is 3.07. The van der Waals surface area contributed by atoms with Crippen molar-refractivity contribution in [1.82, 2.24) is 10.2 Å². The number of benzene rings is 2. The van der Waals surface area contributed by atoms with E-state index in [-0.39, 0.29) is 18.5 Å². The number of carbonyl (C=O) groups is 2. The van der Waals surface area contributed by atoms with Gasteiger partial charge in [0.15, 0.2) is 0 Å². The lowest BCUT2D eigenvalue weighted by molar-refractivity contribution is -0.140. The Labute approximate surface area is 227 Å². The van der Waals surface area contributed by atoms with Crippen molar-refractivity contribution in [2.75, 3.05) is 24.2 Å². The van der Waals surface area contributed by atoms with Crippen molar-refractivity contribution in [1.29, 1.82) is 0 Å². The van der Waals surface area contributed by atoms with Gasteiger partial charge in [0.05, 0.1) is 19.1 Å². The lowest BCUT2D eigenvalue weighted by Crippen LogP contribution is -2.54. The summed E-state index contributed by atoms with van der Waals surface area (Å²) < 4.78 is 32.3. The molecule has 1 saturated carbocycles. The number of hydrogen-bond donors (Lipinski definition) is 1.